The van der Waals surface area contributed by atoms with E-state index >= 15 is 0 Å². The van der Waals surface area contributed by atoms with Crippen LogP contribution in [0.1, 0.15) is 40.2 Å². The van der Waals surface area contributed by atoms with Crippen molar-refractivity contribution >= 4 is 16.9 Å². The predicted octanol–water partition coefficient (Wildman–Crippen LogP) is 3.80. The summed E-state index contributed by atoms with van der Waals surface area (Å²) in [7, 11) is 0. The van der Waals surface area contributed by atoms with Gasteiger partial charge in [-0.05, 0) is 41.8 Å². The van der Waals surface area contributed by atoms with Crippen LogP contribution in [0.4, 0.5) is 0 Å². The number of fused-ring (bicyclic) bond motifs is 2. The van der Waals surface area contributed by atoms with Gasteiger partial charge in [-0.15, -0.1) is 0 Å². The molecule has 2 aromatic carbocycles. The molecule has 0 spiro atoms. The zero-order valence-corrected chi connectivity index (χ0v) is 20.0. The minimum atomic E-state index is -0.516. The number of hydrogen-bond donors (Lipinski definition) is 0. The van der Waals surface area contributed by atoms with Gasteiger partial charge in [-0.3, -0.25) is 14.5 Å². The van der Waals surface area contributed by atoms with Gasteiger partial charge in [-0.1, -0.05) is 37.8 Å². The van der Waals surface area contributed by atoms with Crippen LogP contribution in [0.3, 0.4) is 0 Å². The molecule has 3 heterocycles. The minimum absolute atomic E-state index is 0.143. The van der Waals surface area contributed by atoms with Crippen molar-refractivity contribution in [2.75, 3.05) is 46.0 Å². The van der Waals surface area contributed by atoms with Crippen LogP contribution in [0.25, 0.3) is 11.0 Å². The fraction of sp³-hybridized carbons (Fsp3) is 0.357. The Morgan fingerprint density at radius 2 is 1.86 bits per heavy atom. The van der Waals surface area contributed by atoms with Crippen molar-refractivity contribution in [3.8, 4) is 5.75 Å². The Bertz CT molecular complexity index is 1290. The summed E-state index contributed by atoms with van der Waals surface area (Å²) in [6, 6.07) is 12.6. The Morgan fingerprint density at radius 3 is 2.57 bits per heavy atom. The zero-order chi connectivity index (χ0) is 24.4. The molecule has 35 heavy (non-hydrogen) atoms. The Kier molecular flexibility index (Phi) is 6.70. The molecule has 3 aromatic rings. The molecule has 0 saturated carbocycles. The van der Waals surface area contributed by atoms with Crippen molar-refractivity contribution in [3.63, 3.8) is 0 Å². The van der Waals surface area contributed by atoms with Crippen LogP contribution in [-0.4, -0.2) is 61.7 Å². The zero-order valence-electron chi connectivity index (χ0n) is 20.0. The van der Waals surface area contributed by atoms with Gasteiger partial charge in [0.2, 0.25) is 5.76 Å². The van der Waals surface area contributed by atoms with Gasteiger partial charge in [0.25, 0.3) is 5.91 Å². The molecule has 0 N–H and O–H groups in total. The normalized spacial score (nSPS) is 18.1. The SMILES string of the molecule is C=CCOc1ccc(C2c3c(oc4ccc(CC)cc4c3=O)C(=O)N2CCN2CCOCC2)cc1. The van der Waals surface area contributed by atoms with Crippen molar-refractivity contribution < 1.29 is 18.7 Å². The van der Waals surface area contributed by atoms with E-state index in [9.17, 15) is 9.59 Å². The van der Waals surface area contributed by atoms with E-state index in [4.69, 9.17) is 13.9 Å². The van der Waals surface area contributed by atoms with E-state index in [0.717, 1.165) is 30.6 Å². The van der Waals surface area contributed by atoms with Crippen molar-refractivity contribution in [1.82, 2.24) is 9.80 Å². The van der Waals surface area contributed by atoms with E-state index in [2.05, 4.69) is 11.5 Å². The highest BCUT2D eigenvalue weighted by Crippen LogP contribution is 2.38. The first kappa shape index (κ1) is 23.3. The highest BCUT2D eigenvalue weighted by atomic mass is 16.5. The van der Waals surface area contributed by atoms with Gasteiger partial charge in [0.05, 0.1) is 30.2 Å². The van der Waals surface area contributed by atoms with Gasteiger partial charge < -0.3 is 18.8 Å². The number of carbonyl (C=O) groups is 1. The van der Waals surface area contributed by atoms with Gasteiger partial charge in [0, 0.05) is 26.2 Å². The van der Waals surface area contributed by atoms with Crippen molar-refractivity contribution in [2.45, 2.75) is 19.4 Å². The second kappa shape index (κ2) is 10.1. The Morgan fingerprint density at radius 1 is 1.09 bits per heavy atom. The van der Waals surface area contributed by atoms with E-state index in [1.807, 2.05) is 43.3 Å². The van der Waals surface area contributed by atoms with E-state index < -0.39 is 6.04 Å². The number of aryl methyl sites for hydroxylation is 1. The first-order valence-electron chi connectivity index (χ1n) is 12.1. The number of rotatable bonds is 8. The molecule has 1 saturated heterocycles. The molecule has 1 unspecified atom stereocenters. The van der Waals surface area contributed by atoms with E-state index in [1.54, 1.807) is 17.0 Å². The third-order valence-electron chi connectivity index (χ3n) is 6.76. The van der Waals surface area contributed by atoms with Gasteiger partial charge >= 0.3 is 0 Å². The quantitative estimate of drug-likeness (QED) is 0.463. The summed E-state index contributed by atoms with van der Waals surface area (Å²) in [6.07, 6.45) is 2.50. The number of benzene rings is 2. The van der Waals surface area contributed by atoms with Crippen molar-refractivity contribution in [3.05, 3.63) is 87.8 Å². The summed E-state index contributed by atoms with van der Waals surface area (Å²) in [6.45, 7) is 10.4. The lowest BCUT2D eigenvalue weighted by molar-refractivity contribution is 0.0314. The number of amides is 1. The monoisotopic (exact) mass is 474 g/mol. The van der Waals surface area contributed by atoms with Crippen LogP contribution < -0.4 is 10.2 Å². The highest BCUT2D eigenvalue weighted by molar-refractivity contribution is 5.99. The molecule has 1 aromatic heterocycles. The maximum Gasteiger partial charge on any atom is 0.290 e. The molecule has 7 nitrogen and oxygen atoms in total. The summed E-state index contributed by atoms with van der Waals surface area (Å²) in [4.78, 5) is 31.4. The third-order valence-corrected chi connectivity index (χ3v) is 6.76. The Hall–Kier alpha value is -3.42. The smallest absolute Gasteiger partial charge is 0.290 e. The van der Waals surface area contributed by atoms with Crippen LogP contribution in [0, 0.1) is 0 Å². The molecule has 0 radical (unpaired) electrons. The fourth-order valence-electron chi connectivity index (χ4n) is 4.84. The summed E-state index contributed by atoms with van der Waals surface area (Å²) in [5.41, 5.74) is 2.62. The second-order valence-electron chi connectivity index (χ2n) is 8.88. The van der Waals surface area contributed by atoms with Gasteiger partial charge in [0.1, 0.15) is 17.9 Å². The minimum Gasteiger partial charge on any atom is -0.490 e. The topological polar surface area (TPSA) is 72.2 Å². The maximum absolute atomic E-state index is 13.8. The average molecular weight is 475 g/mol. The van der Waals surface area contributed by atoms with E-state index in [1.165, 1.54) is 0 Å². The number of nitrogens with zero attached hydrogens (tertiary/aromatic N) is 2. The molecule has 182 valence electrons. The number of morpholine rings is 1. The Balaban J connectivity index is 1.56. The molecule has 1 amide bonds. The molecule has 1 fully saturated rings. The Labute approximate surface area is 204 Å². The highest BCUT2D eigenvalue weighted by Gasteiger charge is 2.42. The summed E-state index contributed by atoms with van der Waals surface area (Å²) in [5.74, 6) is 0.603. The second-order valence-corrected chi connectivity index (χ2v) is 8.88. The van der Waals surface area contributed by atoms with E-state index in [0.29, 0.717) is 55.2 Å². The van der Waals surface area contributed by atoms with Gasteiger partial charge in [0.15, 0.2) is 5.43 Å². The first-order valence-corrected chi connectivity index (χ1v) is 12.1. The van der Waals surface area contributed by atoms with Crippen LogP contribution in [-0.2, 0) is 11.2 Å². The number of hydrogen-bond acceptors (Lipinski definition) is 6. The van der Waals surface area contributed by atoms with Crippen LogP contribution in [0.5, 0.6) is 5.75 Å². The lowest BCUT2D eigenvalue weighted by Gasteiger charge is -2.31. The molecular formula is C28H30N2O5. The van der Waals surface area contributed by atoms with Crippen molar-refractivity contribution in [1.29, 1.82) is 0 Å². The van der Waals surface area contributed by atoms with Crippen LogP contribution in [0.2, 0.25) is 0 Å². The van der Waals surface area contributed by atoms with Gasteiger partial charge in [-0.25, -0.2) is 0 Å². The molecule has 1 atom stereocenters. The maximum atomic E-state index is 13.8. The molecular weight excluding hydrogens is 444 g/mol. The van der Waals surface area contributed by atoms with Crippen LogP contribution in [0.15, 0.2) is 64.3 Å². The summed E-state index contributed by atoms with van der Waals surface area (Å²) >= 11 is 0. The first-order chi connectivity index (χ1) is 17.1. The molecule has 2 aliphatic rings. The fourth-order valence-corrected chi connectivity index (χ4v) is 4.84. The lowest BCUT2D eigenvalue weighted by Crippen LogP contribution is -2.42. The predicted molar refractivity (Wildman–Crippen MR) is 134 cm³/mol. The largest absolute Gasteiger partial charge is 0.490 e. The lowest BCUT2D eigenvalue weighted by atomic mass is 9.98. The molecule has 2 aliphatic heterocycles. The summed E-state index contributed by atoms with van der Waals surface area (Å²) < 4.78 is 17.2. The third kappa shape index (κ3) is 4.49. The van der Waals surface area contributed by atoms with E-state index in [-0.39, 0.29) is 17.1 Å². The average Bonchev–Trinajstić information content (AvgIpc) is 3.18. The van der Waals surface area contributed by atoms with Crippen LogP contribution >= 0.6 is 0 Å². The number of carbonyl (C=O) groups excluding carboxylic acids is 1. The summed E-state index contributed by atoms with van der Waals surface area (Å²) in [5, 5.41) is 0.516. The molecule has 7 heteroatoms. The molecule has 5 rings (SSSR count). The standard InChI is InChI=1S/C28H30N2O5/c1-3-15-34-21-8-6-20(7-9-21)25-24-26(31)22-18-19(4-2)5-10-23(22)35-27(24)28(32)30(25)12-11-29-13-16-33-17-14-29/h3,5-10,18,25H,1,4,11-17H2,2H3. The van der Waals surface area contributed by atoms with Crippen molar-refractivity contribution in [2.24, 2.45) is 0 Å². The molecule has 0 bridgehead atoms. The molecule has 0 aliphatic carbocycles. The number of ether oxygens (including phenoxy) is 2. The van der Waals surface area contributed by atoms with Gasteiger partial charge in [-0.2, -0.15) is 0 Å².